The number of anilines is 1. The molecule has 0 radical (unpaired) electrons. The van der Waals surface area contributed by atoms with Gasteiger partial charge in [0.1, 0.15) is 5.82 Å². The topological polar surface area (TPSA) is 41.9 Å². The van der Waals surface area contributed by atoms with E-state index in [1.807, 2.05) is 18.5 Å². The molecule has 4 nitrogen and oxygen atoms in total. The molecule has 1 aliphatic rings. The van der Waals surface area contributed by atoms with Crippen molar-refractivity contribution in [3.8, 4) is 0 Å². The monoisotopic (exact) mass is 288 g/mol. The van der Waals surface area contributed by atoms with Crippen molar-refractivity contribution < 1.29 is 0 Å². The van der Waals surface area contributed by atoms with Gasteiger partial charge in [0.2, 0.25) is 5.28 Å². The fourth-order valence-corrected chi connectivity index (χ4v) is 2.93. The molecule has 3 rings (SSSR count). The Balaban J connectivity index is 1.80. The molecule has 20 heavy (non-hydrogen) atoms. The quantitative estimate of drug-likeness (QED) is 0.814. The van der Waals surface area contributed by atoms with Gasteiger partial charge in [-0.25, -0.2) is 9.97 Å². The molecule has 1 fully saturated rings. The molecule has 5 heteroatoms. The van der Waals surface area contributed by atoms with Crippen LogP contribution in [0.3, 0.4) is 0 Å². The fraction of sp³-hybridized carbons (Fsp3) is 0.400. The summed E-state index contributed by atoms with van der Waals surface area (Å²) in [6, 6.07) is 6.58. The molecular formula is C15H17ClN4. The number of hydrogen-bond acceptors (Lipinski definition) is 4. The molecule has 0 amide bonds. The van der Waals surface area contributed by atoms with Crippen LogP contribution in [0.5, 0.6) is 0 Å². The van der Waals surface area contributed by atoms with Crippen molar-refractivity contribution in [2.75, 3.05) is 11.4 Å². The molecule has 0 aliphatic carbocycles. The van der Waals surface area contributed by atoms with Gasteiger partial charge in [-0.15, -0.1) is 0 Å². The zero-order valence-electron chi connectivity index (χ0n) is 11.2. The highest BCUT2D eigenvalue weighted by atomic mass is 35.5. The molecule has 1 unspecified atom stereocenters. The van der Waals surface area contributed by atoms with Gasteiger partial charge < -0.3 is 4.90 Å². The number of halogens is 1. The van der Waals surface area contributed by atoms with Crippen molar-refractivity contribution in [1.82, 2.24) is 15.0 Å². The lowest BCUT2D eigenvalue weighted by Gasteiger charge is -2.36. The third-order valence-electron chi connectivity index (χ3n) is 3.75. The highest BCUT2D eigenvalue weighted by Gasteiger charge is 2.24. The maximum absolute atomic E-state index is 5.91. The van der Waals surface area contributed by atoms with Crippen molar-refractivity contribution in [3.63, 3.8) is 0 Å². The van der Waals surface area contributed by atoms with Crippen LogP contribution in [0, 0.1) is 0 Å². The first-order valence-corrected chi connectivity index (χ1v) is 7.35. The Morgan fingerprint density at radius 2 is 2.00 bits per heavy atom. The number of piperidine rings is 1. The van der Waals surface area contributed by atoms with E-state index in [1.54, 1.807) is 6.20 Å². The molecule has 104 valence electrons. The van der Waals surface area contributed by atoms with Gasteiger partial charge in [0.15, 0.2) is 0 Å². The lowest BCUT2D eigenvalue weighted by atomic mass is 9.96. The standard InChI is InChI=1S/C15H17ClN4/c16-15-18-9-6-14(19-15)20-10-2-1-3-13(20)11-12-4-7-17-8-5-12/h4-9,13H,1-3,10-11H2. The number of hydrogen-bond donors (Lipinski definition) is 0. The maximum Gasteiger partial charge on any atom is 0.224 e. The summed E-state index contributed by atoms with van der Waals surface area (Å²) in [5, 5.41) is 0.315. The van der Waals surface area contributed by atoms with Crippen LogP contribution in [0.4, 0.5) is 5.82 Å². The van der Waals surface area contributed by atoms with Crippen LogP contribution >= 0.6 is 11.6 Å². The van der Waals surface area contributed by atoms with Gasteiger partial charge >= 0.3 is 0 Å². The molecule has 0 bridgehead atoms. The van der Waals surface area contributed by atoms with Crippen molar-refractivity contribution >= 4 is 17.4 Å². The largest absolute Gasteiger partial charge is 0.353 e. The van der Waals surface area contributed by atoms with Crippen LogP contribution < -0.4 is 4.90 Å². The van der Waals surface area contributed by atoms with Gasteiger partial charge in [0.25, 0.3) is 0 Å². The van der Waals surface area contributed by atoms with Gasteiger partial charge in [-0.05, 0) is 61.0 Å². The summed E-state index contributed by atoms with van der Waals surface area (Å²) in [6.07, 6.45) is 10.1. The van der Waals surface area contributed by atoms with Crippen molar-refractivity contribution in [2.24, 2.45) is 0 Å². The first-order chi connectivity index (χ1) is 9.83. The van der Waals surface area contributed by atoms with Crippen LogP contribution in [0.15, 0.2) is 36.8 Å². The fourth-order valence-electron chi connectivity index (χ4n) is 2.79. The average Bonchev–Trinajstić information content (AvgIpc) is 2.49. The minimum atomic E-state index is 0.315. The van der Waals surface area contributed by atoms with Crippen molar-refractivity contribution in [1.29, 1.82) is 0 Å². The summed E-state index contributed by atoms with van der Waals surface area (Å²) in [6.45, 7) is 1.03. The third-order valence-corrected chi connectivity index (χ3v) is 3.94. The Labute approximate surface area is 123 Å². The Morgan fingerprint density at radius 3 is 2.80 bits per heavy atom. The first-order valence-electron chi connectivity index (χ1n) is 6.97. The number of aromatic nitrogens is 3. The molecule has 1 atom stereocenters. The molecule has 3 heterocycles. The summed E-state index contributed by atoms with van der Waals surface area (Å²) in [4.78, 5) is 14.8. The molecule has 2 aromatic heterocycles. The molecule has 1 saturated heterocycles. The molecule has 2 aromatic rings. The summed E-state index contributed by atoms with van der Waals surface area (Å²) in [5.74, 6) is 0.934. The molecule has 0 N–H and O–H groups in total. The Kier molecular flexibility index (Phi) is 4.11. The predicted molar refractivity (Wildman–Crippen MR) is 80.0 cm³/mol. The lowest BCUT2D eigenvalue weighted by molar-refractivity contribution is 0.453. The second-order valence-electron chi connectivity index (χ2n) is 5.09. The van der Waals surface area contributed by atoms with Crippen LogP contribution in [-0.2, 0) is 6.42 Å². The number of pyridine rings is 1. The van der Waals surface area contributed by atoms with Crippen molar-refractivity contribution in [2.45, 2.75) is 31.7 Å². The minimum Gasteiger partial charge on any atom is -0.353 e. The van der Waals surface area contributed by atoms with E-state index < -0.39 is 0 Å². The summed E-state index contributed by atoms with van der Waals surface area (Å²) >= 11 is 5.91. The van der Waals surface area contributed by atoms with Gasteiger partial charge in [0.05, 0.1) is 0 Å². The van der Waals surface area contributed by atoms with Crippen LogP contribution in [0.25, 0.3) is 0 Å². The Bertz CT molecular complexity index is 561. The highest BCUT2D eigenvalue weighted by molar-refractivity contribution is 6.28. The predicted octanol–water partition coefficient (Wildman–Crippen LogP) is 3.13. The van der Waals surface area contributed by atoms with E-state index in [2.05, 4.69) is 32.0 Å². The van der Waals surface area contributed by atoms with E-state index in [4.69, 9.17) is 11.6 Å². The van der Waals surface area contributed by atoms with E-state index >= 15 is 0 Å². The van der Waals surface area contributed by atoms with Gasteiger partial charge in [0, 0.05) is 31.2 Å². The summed E-state index contributed by atoms with van der Waals surface area (Å²) in [5.41, 5.74) is 1.32. The lowest BCUT2D eigenvalue weighted by Crippen LogP contribution is -2.41. The third kappa shape index (κ3) is 3.07. The van der Waals surface area contributed by atoms with Crippen LogP contribution in [0.1, 0.15) is 24.8 Å². The van der Waals surface area contributed by atoms with E-state index in [9.17, 15) is 0 Å². The molecular weight excluding hydrogens is 272 g/mol. The summed E-state index contributed by atoms with van der Waals surface area (Å²) in [7, 11) is 0. The Hall–Kier alpha value is -1.68. The van der Waals surface area contributed by atoms with Crippen LogP contribution in [-0.4, -0.2) is 27.5 Å². The highest BCUT2D eigenvalue weighted by Crippen LogP contribution is 2.25. The minimum absolute atomic E-state index is 0.315. The zero-order chi connectivity index (χ0) is 13.8. The van der Waals surface area contributed by atoms with Crippen molar-refractivity contribution in [3.05, 3.63) is 47.6 Å². The normalized spacial score (nSPS) is 19.1. The van der Waals surface area contributed by atoms with E-state index in [0.29, 0.717) is 11.3 Å². The Morgan fingerprint density at radius 1 is 1.15 bits per heavy atom. The van der Waals surface area contributed by atoms with Gasteiger partial charge in [-0.1, -0.05) is 0 Å². The van der Waals surface area contributed by atoms with E-state index in [-0.39, 0.29) is 0 Å². The van der Waals surface area contributed by atoms with E-state index in [0.717, 1.165) is 18.8 Å². The summed E-state index contributed by atoms with van der Waals surface area (Å²) < 4.78 is 0. The SMILES string of the molecule is Clc1nccc(N2CCCCC2Cc2ccncc2)n1. The van der Waals surface area contributed by atoms with Gasteiger partial charge in [-0.3, -0.25) is 4.98 Å². The molecule has 0 spiro atoms. The molecule has 1 aliphatic heterocycles. The smallest absolute Gasteiger partial charge is 0.224 e. The van der Waals surface area contributed by atoms with E-state index in [1.165, 1.54) is 24.8 Å². The number of nitrogens with zero attached hydrogens (tertiary/aromatic N) is 4. The van der Waals surface area contributed by atoms with Crippen LogP contribution in [0.2, 0.25) is 5.28 Å². The first kappa shape index (κ1) is 13.3. The molecule has 0 saturated carbocycles. The maximum atomic E-state index is 5.91. The molecule has 0 aromatic carbocycles. The average molecular weight is 289 g/mol. The van der Waals surface area contributed by atoms with Gasteiger partial charge in [-0.2, -0.15) is 0 Å². The second kappa shape index (κ2) is 6.18. The number of rotatable bonds is 3. The zero-order valence-corrected chi connectivity index (χ0v) is 12.0. The second-order valence-corrected chi connectivity index (χ2v) is 5.42.